The van der Waals surface area contributed by atoms with Gasteiger partial charge in [0.05, 0.1) is 25.4 Å². The van der Waals surface area contributed by atoms with Crippen molar-refractivity contribution in [1.29, 1.82) is 0 Å². The maximum absolute atomic E-state index is 12.5. The van der Waals surface area contributed by atoms with E-state index in [2.05, 4.69) is 19.2 Å². The van der Waals surface area contributed by atoms with E-state index in [1.807, 2.05) is 0 Å². The normalized spacial score (nSPS) is 12.4. The predicted molar refractivity (Wildman–Crippen MR) is 371 cm³/mol. The Labute approximate surface area is 527 Å². The molecular formula is C78H155NO5. The number of rotatable bonds is 75. The molecule has 0 fully saturated rings. The van der Waals surface area contributed by atoms with Crippen molar-refractivity contribution in [2.24, 2.45) is 0 Å². The van der Waals surface area contributed by atoms with Gasteiger partial charge in [0.15, 0.2) is 0 Å². The van der Waals surface area contributed by atoms with Crippen molar-refractivity contribution in [1.82, 2.24) is 5.32 Å². The highest BCUT2D eigenvalue weighted by Crippen LogP contribution is 2.21. The van der Waals surface area contributed by atoms with Crippen LogP contribution in [-0.4, -0.2) is 47.4 Å². The minimum atomic E-state index is -0.657. The Morgan fingerprint density at radius 1 is 0.286 bits per heavy atom. The maximum Gasteiger partial charge on any atom is 0.305 e. The predicted octanol–water partition coefficient (Wildman–Crippen LogP) is 25.7. The van der Waals surface area contributed by atoms with Crippen LogP contribution in [0.3, 0.4) is 0 Å². The highest BCUT2D eigenvalue weighted by molar-refractivity contribution is 5.76. The molecule has 0 bridgehead atoms. The fraction of sp³-hybridized carbons (Fsp3) is 0.974. The molecule has 6 heteroatoms. The number of carbonyl (C=O) groups excluding carboxylic acids is 2. The molecule has 2 unspecified atom stereocenters. The van der Waals surface area contributed by atoms with Crippen LogP contribution in [0.4, 0.5) is 0 Å². The van der Waals surface area contributed by atoms with Gasteiger partial charge in [0.25, 0.3) is 0 Å². The number of nitrogens with one attached hydrogen (secondary N) is 1. The van der Waals surface area contributed by atoms with E-state index in [9.17, 15) is 19.8 Å². The summed E-state index contributed by atoms with van der Waals surface area (Å²) in [5.41, 5.74) is 0. The molecule has 0 aromatic heterocycles. The minimum Gasteiger partial charge on any atom is -0.466 e. The van der Waals surface area contributed by atoms with Crippen molar-refractivity contribution in [3.05, 3.63) is 0 Å². The van der Waals surface area contributed by atoms with Crippen LogP contribution >= 0.6 is 0 Å². The largest absolute Gasteiger partial charge is 0.466 e. The molecule has 0 heterocycles. The second-order valence-corrected chi connectivity index (χ2v) is 27.4. The van der Waals surface area contributed by atoms with Gasteiger partial charge in [-0.2, -0.15) is 0 Å². The van der Waals surface area contributed by atoms with Crippen molar-refractivity contribution in [3.63, 3.8) is 0 Å². The molecule has 0 rings (SSSR count). The molecule has 502 valence electrons. The lowest BCUT2D eigenvalue weighted by Gasteiger charge is -2.22. The molecule has 0 aromatic rings. The van der Waals surface area contributed by atoms with Crippen LogP contribution in [-0.2, 0) is 14.3 Å². The van der Waals surface area contributed by atoms with Gasteiger partial charge in [-0.1, -0.05) is 425 Å². The lowest BCUT2D eigenvalue weighted by molar-refractivity contribution is -0.143. The lowest BCUT2D eigenvalue weighted by Crippen LogP contribution is -2.45. The average Bonchev–Trinajstić information content (AvgIpc) is 3.53. The van der Waals surface area contributed by atoms with E-state index in [4.69, 9.17) is 4.74 Å². The van der Waals surface area contributed by atoms with Crippen molar-refractivity contribution in [2.75, 3.05) is 13.2 Å². The van der Waals surface area contributed by atoms with E-state index in [0.29, 0.717) is 25.9 Å². The number of esters is 1. The number of hydrogen-bond donors (Lipinski definition) is 3. The summed E-state index contributed by atoms with van der Waals surface area (Å²) >= 11 is 0. The number of aliphatic hydroxyl groups excluding tert-OH is 2. The Kier molecular flexibility index (Phi) is 73.3. The maximum atomic E-state index is 12.5. The first-order valence-corrected chi connectivity index (χ1v) is 39.3. The molecule has 0 aromatic carbocycles. The van der Waals surface area contributed by atoms with Crippen molar-refractivity contribution >= 4 is 11.9 Å². The van der Waals surface area contributed by atoms with Crippen LogP contribution < -0.4 is 5.32 Å². The van der Waals surface area contributed by atoms with Crippen LogP contribution in [0.1, 0.15) is 463 Å². The van der Waals surface area contributed by atoms with Crippen LogP contribution in [0.25, 0.3) is 0 Å². The van der Waals surface area contributed by atoms with E-state index in [1.54, 1.807) is 0 Å². The molecule has 0 spiro atoms. The summed E-state index contributed by atoms with van der Waals surface area (Å²) in [6.07, 6.45) is 92.2. The zero-order valence-corrected chi connectivity index (χ0v) is 57.7. The zero-order valence-electron chi connectivity index (χ0n) is 57.7. The Morgan fingerprint density at radius 2 is 0.488 bits per heavy atom. The van der Waals surface area contributed by atoms with Gasteiger partial charge in [-0.15, -0.1) is 0 Å². The van der Waals surface area contributed by atoms with E-state index < -0.39 is 12.1 Å². The molecule has 84 heavy (non-hydrogen) atoms. The van der Waals surface area contributed by atoms with Crippen molar-refractivity contribution in [3.8, 4) is 0 Å². The average molecular weight is 1190 g/mol. The summed E-state index contributed by atoms with van der Waals surface area (Å²) < 4.78 is 5.52. The summed E-state index contributed by atoms with van der Waals surface area (Å²) in [6, 6.07) is -0.534. The Bertz CT molecular complexity index is 1230. The van der Waals surface area contributed by atoms with Crippen LogP contribution in [0.15, 0.2) is 0 Å². The van der Waals surface area contributed by atoms with Crippen LogP contribution in [0, 0.1) is 0 Å². The first-order chi connectivity index (χ1) is 41.5. The quantitative estimate of drug-likeness (QED) is 0.0417. The smallest absolute Gasteiger partial charge is 0.305 e. The number of aliphatic hydroxyl groups is 2. The Balaban J connectivity index is 3.25. The SMILES string of the molecule is CCCCCCCCCCCCCCCCCCCCCC(=O)OCCCCCCCCCCCCCCCCCCCCCCCCCCCCCCCCCCCCCCCC(=O)NC(CO)C(O)CCCCCCCCCCCCC. The summed E-state index contributed by atoms with van der Waals surface area (Å²) in [4.78, 5) is 24.6. The second-order valence-electron chi connectivity index (χ2n) is 27.4. The molecule has 3 N–H and O–H groups in total. The van der Waals surface area contributed by atoms with E-state index in [1.165, 1.54) is 392 Å². The van der Waals surface area contributed by atoms with Gasteiger partial charge in [0.2, 0.25) is 5.91 Å². The second kappa shape index (κ2) is 74.3. The molecule has 2 atom stereocenters. The summed E-state index contributed by atoms with van der Waals surface area (Å²) in [7, 11) is 0. The van der Waals surface area contributed by atoms with Gasteiger partial charge in [0.1, 0.15) is 0 Å². The minimum absolute atomic E-state index is 0.0272. The Hall–Kier alpha value is -1.14. The molecule has 0 saturated heterocycles. The number of ether oxygens (including phenoxy) is 1. The van der Waals surface area contributed by atoms with Crippen molar-refractivity contribution < 1.29 is 24.5 Å². The number of hydrogen-bond acceptors (Lipinski definition) is 5. The zero-order chi connectivity index (χ0) is 60.6. The van der Waals surface area contributed by atoms with Gasteiger partial charge in [-0.3, -0.25) is 9.59 Å². The third kappa shape index (κ3) is 70.0. The molecule has 0 aliphatic heterocycles. The Morgan fingerprint density at radius 3 is 0.726 bits per heavy atom. The van der Waals surface area contributed by atoms with E-state index >= 15 is 0 Å². The molecule has 0 saturated carbocycles. The van der Waals surface area contributed by atoms with Crippen LogP contribution in [0.5, 0.6) is 0 Å². The third-order valence-corrected chi connectivity index (χ3v) is 18.9. The first kappa shape index (κ1) is 82.9. The molecule has 1 amide bonds. The fourth-order valence-corrected chi connectivity index (χ4v) is 12.9. The lowest BCUT2D eigenvalue weighted by atomic mass is 10.0. The summed E-state index contributed by atoms with van der Waals surface area (Å²) in [6.45, 7) is 5.00. The standard InChI is InChI=1S/C78H155NO5/c1-3-5-7-9-11-13-15-16-17-18-38-42-45-48-52-56-60-64-68-72-78(83)84-73-69-65-61-57-53-49-46-43-40-37-35-33-31-29-27-25-23-21-19-20-22-24-26-28-30-32-34-36-39-41-44-47-51-55-59-63-67-71-77(82)79-75(74-80)76(81)70-66-62-58-54-50-14-12-10-8-6-4-2/h75-76,80-81H,3-74H2,1-2H3,(H,79,82). The number of amides is 1. The van der Waals surface area contributed by atoms with Gasteiger partial charge in [0, 0.05) is 12.8 Å². The fourth-order valence-electron chi connectivity index (χ4n) is 12.9. The molecule has 0 radical (unpaired) electrons. The highest BCUT2D eigenvalue weighted by Gasteiger charge is 2.20. The molecular weight excluding hydrogens is 1030 g/mol. The summed E-state index contributed by atoms with van der Waals surface area (Å²) in [5.74, 6) is 0.00234. The van der Waals surface area contributed by atoms with E-state index in [0.717, 1.165) is 38.5 Å². The third-order valence-electron chi connectivity index (χ3n) is 18.9. The molecule has 6 nitrogen and oxygen atoms in total. The number of unbranched alkanes of at least 4 members (excludes halogenated alkanes) is 64. The summed E-state index contributed by atoms with van der Waals surface area (Å²) in [5, 5.41) is 23.2. The van der Waals surface area contributed by atoms with Crippen molar-refractivity contribution in [2.45, 2.75) is 475 Å². The van der Waals surface area contributed by atoms with Crippen LogP contribution in [0.2, 0.25) is 0 Å². The topological polar surface area (TPSA) is 95.9 Å². The first-order valence-electron chi connectivity index (χ1n) is 39.3. The van der Waals surface area contributed by atoms with Gasteiger partial charge in [-0.05, 0) is 25.7 Å². The molecule has 0 aliphatic rings. The van der Waals surface area contributed by atoms with E-state index in [-0.39, 0.29) is 18.5 Å². The molecule has 0 aliphatic carbocycles. The van der Waals surface area contributed by atoms with Gasteiger partial charge < -0.3 is 20.3 Å². The van der Waals surface area contributed by atoms with Gasteiger partial charge >= 0.3 is 5.97 Å². The highest BCUT2D eigenvalue weighted by atomic mass is 16.5. The van der Waals surface area contributed by atoms with Gasteiger partial charge in [-0.25, -0.2) is 0 Å². The monoisotopic (exact) mass is 1190 g/mol. The number of carbonyl (C=O) groups is 2.